The molecule has 3 aromatic rings. The van der Waals surface area contributed by atoms with E-state index in [9.17, 15) is 14.7 Å². The maximum atomic E-state index is 13.2. The number of carbonyl (C=O) groups excluding carboxylic acids is 1. The van der Waals surface area contributed by atoms with Crippen LogP contribution < -0.4 is 10.9 Å². The smallest absolute Gasteiger partial charge is 0.267 e. The van der Waals surface area contributed by atoms with Crippen LogP contribution in [0.5, 0.6) is 0 Å². The van der Waals surface area contributed by atoms with E-state index in [1.807, 2.05) is 18.2 Å². The minimum absolute atomic E-state index is 0.198. The molecule has 0 saturated carbocycles. The number of aliphatic hydroxyl groups excluding tert-OH is 1. The van der Waals surface area contributed by atoms with E-state index in [0.717, 1.165) is 17.3 Å². The number of nitrogens with zero attached hydrogens (tertiary/aromatic N) is 3. The topological polar surface area (TPSA) is 86.9 Å². The number of aliphatic hydroxyl groups is 1. The molecule has 2 N–H and O–H groups in total. The van der Waals surface area contributed by atoms with Crippen molar-refractivity contribution in [2.24, 2.45) is 0 Å². The van der Waals surface area contributed by atoms with Gasteiger partial charge in [-0.1, -0.05) is 59.8 Å². The highest BCUT2D eigenvalue weighted by atomic mass is 35.5. The summed E-state index contributed by atoms with van der Waals surface area (Å²) in [6, 6.07) is 12.5. The number of thioether (sulfide) groups is 1. The number of fused-ring (bicyclic) bond motifs is 1. The molecule has 1 amide bonds. The van der Waals surface area contributed by atoms with E-state index in [2.05, 4.69) is 10.3 Å². The summed E-state index contributed by atoms with van der Waals surface area (Å²) in [6.07, 6.45) is 2.47. The summed E-state index contributed by atoms with van der Waals surface area (Å²) in [7, 11) is 0. The fourth-order valence-electron chi connectivity index (χ4n) is 3.18. The van der Waals surface area contributed by atoms with Gasteiger partial charge in [-0.05, 0) is 36.8 Å². The predicted molar refractivity (Wildman–Crippen MR) is 132 cm³/mol. The number of aromatic nitrogens is 2. The third-order valence-electron chi connectivity index (χ3n) is 4.77. The van der Waals surface area contributed by atoms with E-state index >= 15 is 0 Å². The molecule has 10 heteroatoms. The van der Waals surface area contributed by atoms with Crippen molar-refractivity contribution in [3.8, 4) is 0 Å². The number of hydrogen-bond acceptors (Lipinski definition) is 7. The Morgan fingerprint density at radius 2 is 2.00 bits per heavy atom. The van der Waals surface area contributed by atoms with Gasteiger partial charge in [0.15, 0.2) is 0 Å². The van der Waals surface area contributed by atoms with Crippen molar-refractivity contribution >= 4 is 63.3 Å². The van der Waals surface area contributed by atoms with Gasteiger partial charge in [0.05, 0.1) is 23.1 Å². The van der Waals surface area contributed by atoms with Crippen molar-refractivity contribution in [1.82, 2.24) is 14.3 Å². The predicted octanol–water partition coefficient (Wildman–Crippen LogP) is 3.54. The molecule has 0 spiro atoms. The third-order valence-corrected chi connectivity index (χ3v) is 6.52. The van der Waals surface area contributed by atoms with Crippen molar-refractivity contribution < 1.29 is 9.90 Å². The van der Waals surface area contributed by atoms with Gasteiger partial charge in [0.25, 0.3) is 11.5 Å². The number of amides is 1. The molecule has 3 heterocycles. The van der Waals surface area contributed by atoms with Crippen LogP contribution in [0.4, 0.5) is 5.82 Å². The SMILES string of the molecule is C[C@@H](O)CNc1nc2ccccn2c(=O)c1/C=C1\SC(=S)N(Cc2ccccc2Cl)C1=O. The van der Waals surface area contributed by atoms with Crippen LogP contribution in [0.1, 0.15) is 18.1 Å². The number of rotatable bonds is 6. The van der Waals surface area contributed by atoms with Gasteiger partial charge in [-0.2, -0.15) is 0 Å². The van der Waals surface area contributed by atoms with Crippen LogP contribution in [0.3, 0.4) is 0 Å². The Balaban J connectivity index is 1.73. The molecule has 0 aliphatic carbocycles. The fraction of sp³-hybridized carbons (Fsp3) is 0.182. The van der Waals surface area contributed by atoms with Gasteiger partial charge in [-0.15, -0.1) is 0 Å². The summed E-state index contributed by atoms with van der Waals surface area (Å²) in [5, 5.41) is 13.2. The Morgan fingerprint density at radius 3 is 2.75 bits per heavy atom. The maximum absolute atomic E-state index is 13.2. The molecule has 1 saturated heterocycles. The second kappa shape index (κ2) is 9.41. The van der Waals surface area contributed by atoms with Gasteiger partial charge in [0.1, 0.15) is 15.8 Å². The summed E-state index contributed by atoms with van der Waals surface area (Å²) >= 11 is 12.8. The Labute approximate surface area is 198 Å². The highest BCUT2D eigenvalue weighted by Gasteiger charge is 2.33. The summed E-state index contributed by atoms with van der Waals surface area (Å²) < 4.78 is 1.79. The van der Waals surface area contributed by atoms with Gasteiger partial charge >= 0.3 is 0 Å². The van der Waals surface area contributed by atoms with Crippen LogP contribution in [0.2, 0.25) is 5.02 Å². The van der Waals surface area contributed by atoms with Crippen LogP contribution in [-0.2, 0) is 11.3 Å². The van der Waals surface area contributed by atoms with Crippen LogP contribution in [0.15, 0.2) is 58.4 Å². The van der Waals surface area contributed by atoms with Crippen molar-refractivity contribution in [1.29, 1.82) is 0 Å². The van der Waals surface area contributed by atoms with E-state index in [4.69, 9.17) is 23.8 Å². The lowest BCUT2D eigenvalue weighted by Gasteiger charge is -2.15. The molecule has 2 aromatic heterocycles. The third kappa shape index (κ3) is 4.56. The van der Waals surface area contributed by atoms with Crippen molar-refractivity contribution in [3.63, 3.8) is 0 Å². The molecule has 164 valence electrons. The van der Waals surface area contributed by atoms with E-state index in [1.54, 1.807) is 37.4 Å². The molecule has 7 nitrogen and oxygen atoms in total. The first-order valence-corrected chi connectivity index (χ1v) is 11.4. The van der Waals surface area contributed by atoms with Crippen LogP contribution in [0, 0.1) is 0 Å². The molecule has 1 aromatic carbocycles. The van der Waals surface area contributed by atoms with E-state index in [1.165, 1.54) is 15.4 Å². The zero-order chi connectivity index (χ0) is 22.8. The standard InChI is InChI=1S/C22H19ClN4O3S2/c1-13(28)11-24-19-15(20(29)26-9-5-4-8-18(26)25-19)10-17-21(30)27(22(31)32-17)12-14-6-2-3-7-16(14)23/h2-10,13,24,28H,11-12H2,1H3/b17-10-/t13-/m1/s1. The first-order valence-electron chi connectivity index (χ1n) is 9.77. The Hall–Kier alpha value is -2.72. The van der Waals surface area contributed by atoms with Gasteiger partial charge in [0.2, 0.25) is 0 Å². The number of hydrogen-bond donors (Lipinski definition) is 2. The summed E-state index contributed by atoms with van der Waals surface area (Å²) in [6.45, 7) is 2.06. The highest BCUT2D eigenvalue weighted by Crippen LogP contribution is 2.34. The first kappa shape index (κ1) is 22.5. The molecule has 1 fully saturated rings. The Morgan fingerprint density at radius 1 is 1.25 bits per heavy atom. The molecule has 0 unspecified atom stereocenters. The molecule has 1 atom stereocenters. The number of carbonyl (C=O) groups is 1. The van der Waals surface area contributed by atoms with Gasteiger partial charge in [0, 0.05) is 17.8 Å². The average Bonchev–Trinajstić information content (AvgIpc) is 3.03. The van der Waals surface area contributed by atoms with Crippen molar-refractivity contribution in [2.75, 3.05) is 11.9 Å². The number of halogens is 1. The van der Waals surface area contributed by atoms with E-state index in [0.29, 0.717) is 25.7 Å². The van der Waals surface area contributed by atoms with Gasteiger partial charge in [-0.3, -0.25) is 18.9 Å². The highest BCUT2D eigenvalue weighted by molar-refractivity contribution is 8.26. The molecule has 1 aliphatic rings. The summed E-state index contributed by atoms with van der Waals surface area (Å²) in [5.74, 6) is -0.0163. The quantitative estimate of drug-likeness (QED) is 0.407. The first-order chi connectivity index (χ1) is 15.3. The largest absolute Gasteiger partial charge is 0.392 e. The molecule has 4 rings (SSSR count). The zero-order valence-corrected chi connectivity index (χ0v) is 19.4. The Bertz CT molecular complexity index is 1310. The van der Waals surface area contributed by atoms with Crippen molar-refractivity contribution in [2.45, 2.75) is 19.6 Å². The molecule has 1 aliphatic heterocycles. The van der Waals surface area contributed by atoms with Crippen LogP contribution in [0.25, 0.3) is 11.7 Å². The number of pyridine rings is 1. The van der Waals surface area contributed by atoms with Gasteiger partial charge < -0.3 is 10.4 Å². The van der Waals surface area contributed by atoms with Crippen molar-refractivity contribution in [3.05, 3.63) is 80.1 Å². The fourth-order valence-corrected chi connectivity index (χ4v) is 4.61. The summed E-state index contributed by atoms with van der Waals surface area (Å²) in [4.78, 5) is 32.6. The normalized spacial score (nSPS) is 16.2. The molecular weight excluding hydrogens is 468 g/mol. The lowest BCUT2D eigenvalue weighted by atomic mass is 10.2. The maximum Gasteiger partial charge on any atom is 0.267 e. The lowest BCUT2D eigenvalue weighted by Crippen LogP contribution is -2.27. The second-order valence-electron chi connectivity index (χ2n) is 7.20. The number of thiocarbonyl (C=S) groups is 1. The Kier molecular flexibility index (Phi) is 6.61. The molecule has 0 radical (unpaired) electrons. The second-order valence-corrected chi connectivity index (χ2v) is 9.28. The number of anilines is 1. The molecule has 0 bridgehead atoms. The summed E-state index contributed by atoms with van der Waals surface area (Å²) in [5.41, 5.74) is 1.11. The molecule has 32 heavy (non-hydrogen) atoms. The minimum atomic E-state index is -0.646. The number of benzene rings is 1. The van der Waals surface area contributed by atoms with E-state index in [-0.39, 0.29) is 30.1 Å². The lowest BCUT2D eigenvalue weighted by molar-refractivity contribution is -0.122. The zero-order valence-electron chi connectivity index (χ0n) is 17.0. The average molecular weight is 487 g/mol. The molecular formula is C22H19ClN4O3S2. The monoisotopic (exact) mass is 486 g/mol. The minimum Gasteiger partial charge on any atom is -0.392 e. The van der Waals surface area contributed by atoms with Gasteiger partial charge in [-0.25, -0.2) is 4.98 Å². The number of nitrogens with one attached hydrogen (secondary N) is 1. The van der Waals surface area contributed by atoms with Crippen LogP contribution in [-0.4, -0.2) is 42.3 Å². The van der Waals surface area contributed by atoms with Crippen LogP contribution >= 0.6 is 35.6 Å². The van der Waals surface area contributed by atoms with E-state index < -0.39 is 6.10 Å².